The maximum Gasteiger partial charge on any atom is 0.119 e. The van der Waals surface area contributed by atoms with Gasteiger partial charge in [-0.3, -0.25) is 0 Å². The summed E-state index contributed by atoms with van der Waals surface area (Å²) in [6.07, 6.45) is 3.76. The monoisotopic (exact) mass is 262 g/mol. The minimum absolute atomic E-state index is 0.434. The van der Waals surface area contributed by atoms with Crippen LogP contribution in [0.1, 0.15) is 10.6 Å². The predicted octanol–water partition coefficient (Wildman–Crippen LogP) is 2.51. The molecule has 0 fully saturated rings. The number of benzene rings is 1. The Labute approximate surface area is 112 Å². The average Bonchev–Trinajstić information content (AvgIpc) is 2.91. The quantitative estimate of drug-likeness (QED) is 0.870. The maximum atomic E-state index is 5.85. The molecule has 0 saturated heterocycles. The minimum Gasteiger partial charge on any atom is -0.497 e. The van der Waals surface area contributed by atoms with Crippen molar-refractivity contribution in [1.29, 1.82) is 0 Å². The van der Waals surface area contributed by atoms with Crippen LogP contribution in [0.5, 0.6) is 5.75 Å². The number of nitrogens with zero attached hydrogens (tertiary/aromatic N) is 1. The van der Waals surface area contributed by atoms with Gasteiger partial charge in [-0.25, -0.2) is 4.98 Å². The molecule has 2 rings (SSSR count). The van der Waals surface area contributed by atoms with Gasteiger partial charge in [-0.05, 0) is 36.6 Å². The molecule has 0 aliphatic rings. The molecule has 96 valence electrons. The largest absolute Gasteiger partial charge is 0.497 e. The second-order valence-electron chi connectivity index (χ2n) is 4.29. The number of methoxy groups -OCH3 is 1. The third-order valence-corrected chi connectivity index (χ3v) is 3.74. The summed E-state index contributed by atoms with van der Waals surface area (Å²) < 4.78 is 5.23. The molecule has 0 aliphatic heterocycles. The first-order chi connectivity index (χ1) is 8.81. The molecule has 0 saturated carbocycles. The van der Waals surface area contributed by atoms with Crippen LogP contribution < -0.4 is 10.5 Å². The van der Waals surface area contributed by atoms with Gasteiger partial charge in [0.2, 0.25) is 0 Å². The smallest absolute Gasteiger partial charge is 0.119 e. The van der Waals surface area contributed by atoms with E-state index in [0.717, 1.165) is 23.6 Å². The van der Waals surface area contributed by atoms with E-state index in [4.69, 9.17) is 10.5 Å². The zero-order chi connectivity index (χ0) is 12.8. The molecule has 1 unspecified atom stereocenters. The van der Waals surface area contributed by atoms with E-state index in [1.54, 1.807) is 18.4 Å². The summed E-state index contributed by atoms with van der Waals surface area (Å²) in [5, 5.41) is 3.17. The van der Waals surface area contributed by atoms with Crippen LogP contribution in [-0.4, -0.2) is 18.6 Å². The van der Waals surface area contributed by atoms with Crippen LogP contribution in [-0.2, 0) is 12.8 Å². The fourth-order valence-corrected chi connectivity index (χ4v) is 2.70. The van der Waals surface area contributed by atoms with Gasteiger partial charge in [0, 0.05) is 18.0 Å². The highest BCUT2D eigenvalue weighted by atomic mass is 32.1. The Morgan fingerprint density at radius 1 is 1.39 bits per heavy atom. The number of aromatic nitrogens is 1. The van der Waals surface area contributed by atoms with Crippen LogP contribution in [0.2, 0.25) is 0 Å². The Morgan fingerprint density at radius 2 is 2.28 bits per heavy atom. The Bertz CT molecular complexity index is 470. The van der Waals surface area contributed by atoms with E-state index < -0.39 is 0 Å². The molecule has 3 nitrogen and oxygen atoms in total. The first-order valence-electron chi connectivity index (χ1n) is 6.03. The Morgan fingerprint density at radius 3 is 2.94 bits per heavy atom. The molecule has 18 heavy (non-hydrogen) atoms. The third kappa shape index (κ3) is 3.55. The summed E-state index contributed by atoms with van der Waals surface area (Å²) in [6, 6.07) is 8.17. The summed E-state index contributed by atoms with van der Waals surface area (Å²) in [5.74, 6) is 1.33. The lowest BCUT2D eigenvalue weighted by atomic mass is 9.96. The Hall–Kier alpha value is -1.39. The second-order valence-corrected chi connectivity index (χ2v) is 5.27. The van der Waals surface area contributed by atoms with Crippen molar-refractivity contribution >= 4 is 11.3 Å². The van der Waals surface area contributed by atoms with Crippen LogP contribution in [0, 0.1) is 5.92 Å². The highest BCUT2D eigenvalue weighted by Gasteiger charge is 2.11. The molecule has 0 bridgehead atoms. The van der Waals surface area contributed by atoms with Crippen molar-refractivity contribution in [3.8, 4) is 5.75 Å². The van der Waals surface area contributed by atoms with Crippen molar-refractivity contribution in [2.45, 2.75) is 12.8 Å². The minimum atomic E-state index is 0.434. The Balaban J connectivity index is 2.00. The number of thiazole rings is 1. The lowest BCUT2D eigenvalue weighted by Gasteiger charge is -2.13. The molecule has 0 spiro atoms. The molecule has 0 aliphatic carbocycles. The Kier molecular flexibility index (Phi) is 4.73. The molecular formula is C14H18N2OS. The fraction of sp³-hybridized carbons (Fsp3) is 0.357. The van der Waals surface area contributed by atoms with Crippen LogP contribution in [0.3, 0.4) is 0 Å². The van der Waals surface area contributed by atoms with E-state index in [1.165, 1.54) is 5.56 Å². The van der Waals surface area contributed by atoms with Gasteiger partial charge in [0.25, 0.3) is 0 Å². The standard InChI is InChI=1S/C14H18N2OS/c1-17-13-4-2-3-11(8-13)7-12(10-15)9-14-16-5-6-18-14/h2-6,8,12H,7,9-10,15H2,1H3. The van der Waals surface area contributed by atoms with E-state index in [0.29, 0.717) is 12.5 Å². The lowest BCUT2D eigenvalue weighted by molar-refractivity contribution is 0.413. The number of hydrogen-bond donors (Lipinski definition) is 1. The average molecular weight is 262 g/mol. The van der Waals surface area contributed by atoms with E-state index >= 15 is 0 Å². The lowest BCUT2D eigenvalue weighted by Crippen LogP contribution is -2.19. The van der Waals surface area contributed by atoms with Crippen molar-refractivity contribution in [3.05, 3.63) is 46.4 Å². The van der Waals surface area contributed by atoms with Crippen molar-refractivity contribution in [2.24, 2.45) is 11.7 Å². The van der Waals surface area contributed by atoms with E-state index in [2.05, 4.69) is 17.1 Å². The summed E-state index contributed by atoms with van der Waals surface area (Å²) in [7, 11) is 1.69. The zero-order valence-electron chi connectivity index (χ0n) is 10.5. The molecule has 1 heterocycles. The van der Waals surface area contributed by atoms with Crippen molar-refractivity contribution in [3.63, 3.8) is 0 Å². The van der Waals surface area contributed by atoms with Gasteiger partial charge < -0.3 is 10.5 Å². The molecule has 2 aromatic rings. The summed E-state index contributed by atoms with van der Waals surface area (Å²) >= 11 is 1.69. The van der Waals surface area contributed by atoms with Gasteiger partial charge in [0.15, 0.2) is 0 Å². The SMILES string of the molecule is COc1cccc(CC(CN)Cc2nccs2)c1. The third-order valence-electron chi connectivity index (χ3n) is 2.94. The van der Waals surface area contributed by atoms with Gasteiger partial charge in [-0.1, -0.05) is 12.1 Å². The number of nitrogens with two attached hydrogens (primary N) is 1. The molecule has 0 amide bonds. The highest BCUT2D eigenvalue weighted by molar-refractivity contribution is 7.09. The van der Waals surface area contributed by atoms with Crippen LogP contribution in [0.4, 0.5) is 0 Å². The number of rotatable bonds is 6. The first-order valence-corrected chi connectivity index (χ1v) is 6.91. The van der Waals surface area contributed by atoms with Gasteiger partial charge in [-0.15, -0.1) is 11.3 Å². The predicted molar refractivity (Wildman–Crippen MR) is 75.1 cm³/mol. The molecular weight excluding hydrogens is 244 g/mol. The normalized spacial score (nSPS) is 12.3. The van der Waals surface area contributed by atoms with E-state index in [-0.39, 0.29) is 0 Å². The van der Waals surface area contributed by atoms with Crippen molar-refractivity contribution < 1.29 is 4.74 Å². The molecule has 0 radical (unpaired) electrons. The summed E-state index contributed by atoms with van der Waals surface area (Å²) in [6.45, 7) is 0.677. The molecule has 4 heteroatoms. The topological polar surface area (TPSA) is 48.1 Å². The maximum absolute atomic E-state index is 5.85. The van der Waals surface area contributed by atoms with E-state index in [1.807, 2.05) is 23.7 Å². The fourth-order valence-electron chi connectivity index (χ4n) is 1.97. The van der Waals surface area contributed by atoms with Crippen LogP contribution in [0.15, 0.2) is 35.8 Å². The van der Waals surface area contributed by atoms with Crippen LogP contribution in [0.25, 0.3) is 0 Å². The van der Waals surface area contributed by atoms with Gasteiger partial charge in [0.05, 0.1) is 12.1 Å². The zero-order valence-corrected chi connectivity index (χ0v) is 11.3. The van der Waals surface area contributed by atoms with Crippen LogP contribution >= 0.6 is 11.3 Å². The molecule has 1 aromatic heterocycles. The van der Waals surface area contributed by atoms with Gasteiger partial charge >= 0.3 is 0 Å². The first kappa shape index (κ1) is 13.1. The van der Waals surface area contributed by atoms with Gasteiger partial charge in [-0.2, -0.15) is 0 Å². The van der Waals surface area contributed by atoms with Gasteiger partial charge in [0.1, 0.15) is 5.75 Å². The second kappa shape index (κ2) is 6.52. The summed E-state index contributed by atoms with van der Waals surface area (Å²) in [5.41, 5.74) is 7.12. The number of ether oxygens (including phenoxy) is 1. The van der Waals surface area contributed by atoms with Crippen molar-refractivity contribution in [2.75, 3.05) is 13.7 Å². The molecule has 1 aromatic carbocycles. The molecule has 1 atom stereocenters. The highest BCUT2D eigenvalue weighted by Crippen LogP contribution is 2.19. The van der Waals surface area contributed by atoms with Crippen molar-refractivity contribution in [1.82, 2.24) is 4.98 Å². The summed E-state index contributed by atoms with van der Waals surface area (Å²) in [4.78, 5) is 4.32. The number of hydrogen-bond acceptors (Lipinski definition) is 4. The van der Waals surface area contributed by atoms with E-state index in [9.17, 15) is 0 Å². The molecule has 2 N–H and O–H groups in total.